The second-order valence-corrected chi connectivity index (χ2v) is 5.16. The van der Waals surface area contributed by atoms with E-state index in [4.69, 9.17) is 9.66 Å². The van der Waals surface area contributed by atoms with Crippen LogP contribution in [0.1, 0.15) is 26.2 Å². The largest absolute Gasteiger partial charge is 0.478 e. The van der Waals surface area contributed by atoms with Gasteiger partial charge in [0.25, 0.3) is 0 Å². The molecule has 0 aromatic carbocycles. The summed E-state index contributed by atoms with van der Waals surface area (Å²) in [4.78, 5) is 11.9. The van der Waals surface area contributed by atoms with Gasteiger partial charge in [0.2, 0.25) is 0 Å². The Labute approximate surface area is 114 Å². The van der Waals surface area contributed by atoms with E-state index in [9.17, 15) is 13.2 Å². The molecule has 7 nitrogen and oxygen atoms in total. The Kier molecular flexibility index (Phi) is 11.7. The molecular formula is C11H23NO6S. The summed E-state index contributed by atoms with van der Waals surface area (Å²) in [7, 11) is -0.504. The van der Waals surface area contributed by atoms with Crippen molar-refractivity contribution in [1.82, 2.24) is 4.90 Å². The minimum Gasteiger partial charge on any atom is -0.478 e. The third kappa shape index (κ3) is 19.6. The quantitative estimate of drug-likeness (QED) is 0.394. The van der Waals surface area contributed by atoms with Crippen molar-refractivity contribution in [3.63, 3.8) is 0 Å². The van der Waals surface area contributed by atoms with Crippen molar-refractivity contribution in [1.29, 1.82) is 0 Å². The number of hydrogen-bond donors (Lipinski definition) is 2. The summed E-state index contributed by atoms with van der Waals surface area (Å²) < 4.78 is 32.2. The van der Waals surface area contributed by atoms with Gasteiger partial charge in [0, 0.05) is 5.57 Å². The Balaban J connectivity index is 0. The molecule has 0 aliphatic heterocycles. The molecular weight excluding hydrogens is 274 g/mol. The molecule has 0 heterocycles. The van der Waals surface area contributed by atoms with E-state index in [1.54, 1.807) is 0 Å². The third-order valence-electron chi connectivity index (χ3n) is 1.84. The molecule has 0 amide bonds. The van der Waals surface area contributed by atoms with Crippen LogP contribution in [-0.4, -0.2) is 56.2 Å². The zero-order valence-corrected chi connectivity index (χ0v) is 12.4. The molecule has 2 N–H and O–H groups in total. The van der Waals surface area contributed by atoms with Gasteiger partial charge in [0.1, 0.15) is 0 Å². The Morgan fingerprint density at radius 3 is 2.16 bits per heavy atom. The topological polar surface area (TPSA) is 104 Å². The molecule has 0 spiro atoms. The molecule has 0 bridgehead atoms. The fourth-order valence-corrected chi connectivity index (χ4v) is 1.28. The number of carbonyl (C=O) groups is 1. The van der Waals surface area contributed by atoms with Crippen LogP contribution in [-0.2, 0) is 19.4 Å². The van der Waals surface area contributed by atoms with Crippen LogP contribution in [0.3, 0.4) is 0 Å². The van der Waals surface area contributed by atoms with Gasteiger partial charge in [0.15, 0.2) is 0 Å². The maximum atomic E-state index is 10.00. The van der Waals surface area contributed by atoms with Gasteiger partial charge in [-0.3, -0.25) is 4.55 Å². The molecule has 114 valence electrons. The van der Waals surface area contributed by atoms with Gasteiger partial charge in [-0.25, -0.2) is 8.98 Å². The van der Waals surface area contributed by atoms with Crippen molar-refractivity contribution in [3.8, 4) is 0 Å². The van der Waals surface area contributed by atoms with Crippen LogP contribution >= 0.6 is 0 Å². The average Bonchev–Trinajstić information content (AvgIpc) is 2.24. The van der Waals surface area contributed by atoms with E-state index in [0.29, 0.717) is 18.4 Å². The number of carboxylic acids is 1. The van der Waals surface area contributed by atoms with E-state index in [1.807, 2.05) is 25.9 Å². The minimum absolute atomic E-state index is 0.0248. The van der Waals surface area contributed by atoms with Crippen LogP contribution in [0.2, 0.25) is 0 Å². The van der Waals surface area contributed by atoms with Gasteiger partial charge in [-0.2, -0.15) is 8.42 Å². The lowest BCUT2D eigenvalue weighted by Gasteiger charge is -2.07. The van der Waals surface area contributed by atoms with E-state index < -0.39 is 16.4 Å². The van der Waals surface area contributed by atoms with Gasteiger partial charge in [-0.1, -0.05) is 19.9 Å². The number of hydrogen-bond acceptors (Lipinski definition) is 5. The Morgan fingerprint density at radius 2 is 1.89 bits per heavy atom. The SMILES string of the molecule is C=C(CCC)C(=O)O.CN(C)CCCOS(=O)(=O)O. The summed E-state index contributed by atoms with van der Waals surface area (Å²) in [5.41, 5.74) is 0.299. The highest BCUT2D eigenvalue weighted by molar-refractivity contribution is 7.80. The van der Waals surface area contributed by atoms with Crippen molar-refractivity contribution in [3.05, 3.63) is 12.2 Å². The summed E-state index contributed by atoms with van der Waals surface area (Å²) in [6.07, 6.45) is 2.02. The maximum absolute atomic E-state index is 10.00. The monoisotopic (exact) mass is 297 g/mol. The Morgan fingerprint density at radius 1 is 1.37 bits per heavy atom. The molecule has 0 atom stereocenters. The maximum Gasteiger partial charge on any atom is 0.397 e. The Bertz CT molecular complexity index is 363. The lowest BCUT2D eigenvalue weighted by atomic mass is 10.2. The van der Waals surface area contributed by atoms with Crippen molar-refractivity contribution in [2.75, 3.05) is 27.2 Å². The highest BCUT2D eigenvalue weighted by Gasteiger charge is 2.02. The van der Waals surface area contributed by atoms with Crippen LogP contribution in [0.4, 0.5) is 0 Å². The first-order valence-corrected chi connectivity index (χ1v) is 7.14. The number of carboxylic acid groups (broad SMARTS) is 1. The number of aliphatic carboxylic acids is 1. The van der Waals surface area contributed by atoms with Crippen LogP contribution in [0.25, 0.3) is 0 Å². The van der Waals surface area contributed by atoms with Gasteiger partial charge < -0.3 is 10.0 Å². The van der Waals surface area contributed by atoms with E-state index in [2.05, 4.69) is 10.8 Å². The van der Waals surface area contributed by atoms with Gasteiger partial charge in [-0.05, 0) is 33.5 Å². The van der Waals surface area contributed by atoms with Crippen LogP contribution < -0.4 is 0 Å². The second kappa shape index (κ2) is 10.9. The van der Waals surface area contributed by atoms with Crippen LogP contribution in [0.5, 0.6) is 0 Å². The second-order valence-electron chi connectivity index (χ2n) is 4.07. The standard InChI is InChI=1S/C6H10O2.C5H13NO4S/c1-3-4-5(2)6(7)8;1-6(2)4-3-5-10-11(7,8)9/h2-4H2,1H3,(H,7,8);3-5H2,1-2H3,(H,7,8,9). The van der Waals surface area contributed by atoms with Gasteiger partial charge in [0.05, 0.1) is 6.61 Å². The molecule has 0 unspecified atom stereocenters. The molecule has 0 saturated heterocycles. The highest BCUT2D eigenvalue weighted by Crippen LogP contribution is 1.99. The van der Waals surface area contributed by atoms with Gasteiger partial charge in [-0.15, -0.1) is 0 Å². The summed E-state index contributed by atoms with van der Waals surface area (Å²) >= 11 is 0. The third-order valence-corrected chi connectivity index (χ3v) is 2.30. The summed E-state index contributed by atoms with van der Waals surface area (Å²) in [6, 6.07) is 0. The average molecular weight is 297 g/mol. The number of rotatable bonds is 8. The molecule has 0 saturated carbocycles. The van der Waals surface area contributed by atoms with E-state index >= 15 is 0 Å². The molecule has 0 fully saturated rings. The smallest absolute Gasteiger partial charge is 0.397 e. The first-order valence-electron chi connectivity index (χ1n) is 5.77. The molecule has 0 radical (unpaired) electrons. The van der Waals surface area contributed by atoms with E-state index in [0.717, 1.165) is 13.0 Å². The zero-order valence-electron chi connectivity index (χ0n) is 11.6. The molecule has 0 rings (SSSR count). The lowest BCUT2D eigenvalue weighted by Crippen LogP contribution is -2.16. The Hall–Kier alpha value is -0.960. The fraction of sp³-hybridized carbons (Fsp3) is 0.727. The molecule has 0 aliphatic carbocycles. The fourth-order valence-electron chi connectivity index (χ4n) is 0.954. The first-order chi connectivity index (χ1) is 8.60. The highest BCUT2D eigenvalue weighted by atomic mass is 32.3. The molecule has 0 aliphatic rings. The molecule has 0 aromatic rings. The number of nitrogens with zero attached hydrogens (tertiary/aromatic N) is 1. The summed E-state index contributed by atoms with van der Waals surface area (Å²) in [5, 5.41) is 8.21. The van der Waals surface area contributed by atoms with Crippen molar-refractivity contribution >= 4 is 16.4 Å². The first kappa shape index (κ1) is 20.4. The normalized spacial score (nSPS) is 10.8. The molecule has 8 heteroatoms. The predicted molar refractivity (Wildman–Crippen MR) is 72.4 cm³/mol. The summed E-state index contributed by atoms with van der Waals surface area (Å²) in [6.45, 7) is 6.03. The summed E-state index contributed by atoms with van der Waals surface area (Å²) in [5.74, 6) is -0.883. The minimum atomic E-state index is -4.24. The lowest BCUT2D eigenvalue weighted by molar-refractivity contribution is -0.132. The van der Waals surface area contributed by atoms with Crippen molar-refractivity contribution < 1.29 is 27.1 Å². The van der Waals surface area contributed by atoms with Crippen molar-refractivity contribution in [2.45, 2.75) is 26.2 Å². The van der Waals surface area contributed by atoms with E-state index in [1.165, 1.54) is 0 Å². The zero-order chi connectivity index (χ0) is 15.5. The predicted octanol–water partition coefficient (Wildman–Crippen LogP) is 1.18. The van der Waals surface area contributed by atoms with Gasteiger partial charge >= 0.3 is 16.4 Å². The van der Waals surface area contributed by atoms with Crippen LogP contribution in [0, 0.1) is 0 Å². The molecule has 0 aromatic heterocycles. The van der Waals surface area contributed by atoms with E-state index in [-0.39, 0.29) is 6.61 Å². The molecule has 19 heavy (non-hydrogen) atoms. The van der Waals surface area contributed by atoms with Crippen molar-refractivity contribution in [2.24, 2.45) is 0 Å². The van der Waals surface area contributed by atoms with Crippen LogP contribution in [0.15, 0.2) is 12.2 Å².